The largest absolute Gasteiger partial charge is 0.382 e. The summed E-state index contributed by atoms with van der Waals surface area (Å²) in [6, 6.07) is -0.820. The summed E-state index contributed by atoms with van der Waals surface area (Å²) in [5.41, 5.74) is 0.789. The van der Waals surface area contributed by atoms with Gasteiger partial charge in [0.25, 0.3) is 5.91 Å². The van der Waals surface area contributed by atoms with Crippen LogP contribution in [0.5, 0.6) is 0 Å². The maximum Gasteiger partial charge on any atom is 0.272 e. The summed E-state index contributed by atoms with van der Waals surface area (Å²) in [6.07, 6.45) is -1.47. The maximum atomic E-state index is 12.5. The van der Waals surface area contributed by atoms with E-state index in [2.05, 4.69) is 10.6 Å². The Balaban J connectivity index is 5.35. The van der Waals surface area contributed by atoms with Crippen LogP contribution in [0.4, 0.5) is 0 Å². The quantitative estimate of drug-likeness (QED) is 0.326. The van der Waals surface area contributed by atoms with Crippen LogP contribution in [0, 0.1) is 17.3 Å². The highest BCUT2D eigenvalue weighted by Crippen LogP contribution is 2.22. The van der Waals surface area contributed by atoms with Crippen molar-refractivity contribution in [1.29, 1.82) is 0 Å². The predicted octanol–water partition coefficient (Wildman–Crippen LogP) is -0.208. The van der Waals surface area contributed by atoms with Crippen molar-refractivity contribution in [2.45, 2.75) is 53.2 Å². The molecule has 0 aliphatic heterocycles. The minimum absolute atomic E-state index is 0.0278. The molecule has 0 heterocycles. The van der Waals surface area contributed by atoms with E-state index in [1.54, 1.807) is 20.8 Å². The Labute approximate surface area is 137 Å². The summed E-state index contributed by atoms with van der Waals surface area (Å²) >= 11 is 0. The molecule has 0 radical (unpaired) electrons. The van der Waals surface area contributed by atoms with E-state index < -0.39 is 35.3 Å². The van der Waals surface area contributed by atoms with Crippen LogP contribution in [-0.4, -0.2) is 47.2 Å². The molecule has 5 N–H and O–H groups in total. The molecule has 0 saturated carbocycles. The molecule has 8 heteroatoms. The number of carbonyl (C=O) groups is 3. The van der Waals surface area contributed by atoms with E-state index in [1.165, 1.54) is 12.5 Å². The zero-order valence-electron chi connectivity index (χ0n) is 14.6. The first-order valence-electron chi connectivity index (χ1n) is 7.59. The lowest BCUT2D eigenvalue weighted by Crippen LogP contribution is -2.56. The average molecular weight is 331 g/mol. The maximum absolute atomic E-state index is 12.5. The first-order valence-corrected chi connectivity index (χ1v) is 7.59. The van der Waals surface area contributed by atoms with Crippen LogP contribution in [0.1, 0.15) is 41.0 Å². The van der Waals surface area contributed by atoms with Gasteiger partial charge in [0, 0.05) is 7.05 Å². The van der Waals surface area contributed by atoms with E-state index in [9.17, 15) is 19.5 Å². The Bertz CT molecular complexity index is 431. The Morgan fingerprint density at radius 1 is 1.04 bits per heavy atom. The van der Waals surface area contributed by atoms with Gasteiger partial charge < -0.3 is 15.7 Å². The number of amides is 3. The van der Waals surface area contributed by atoms with E-state index in [0.717, 1.165) is 0 Å². The fourth-order valence-electron chi connectivity index (χ4n) is 2.21. The summed E-state index contributed by atoms with van der Waals surface area (Å²) < 4.78 is 0. The van der Waals surface area contributed by atoms with Crippen molar-refractivity contribution in [3.8, 4) is 0 Å². The first-order chi connectivity index (χ1) is 10.4. The molecule has 0 aromatic carbocycles. The Hall–Kier alpha value is -1.67. The highest BCUT2D eigenvalue weighted by atomic mass is 16.5. The number of likely N-dealkylation sites (N-methyl/N-ethyl adjacent to an activating group) is 1. The van der Waals surface area contributed by atoms with Gasteiger partial charge in [-0.3, -0.25) is 19.6 Å². The zero-order chi connectivity index (χ0) is 18.4. The van der Waals surface area contributed by atoms with E-state index in [1.807, 2.05) is 13.8 Å². The molecule has 0 fully saturated rings. The van der Waals surface area contributed by atoms with Crippen LogP contribution in [0.15, 0.2) is 0 Å². The monoisotopic (exact) mass is 331 g/mol. The number of hydrogen-bond donors (Lipinski definition) is 5. The number of carbonyl (C=O) groups excluding carboxylic acids is 3. The zero-order valence-corrected chi connectivity index (χ0v) is 14.6. The number of nitrogens with one attached hydrogen (secondary N) is 3. The minimum Gasteiger partial charge on any atom is -0.382 e. The van der Waals surface area contributed by atoms with Crippen molar-refractivity contribution in [2.24, 2.45) is 17.3 Å². The number of hydrogen-bond acceptors (Lipinski definition) is 5. The Morgan fingerprint density at radius 2 is 1.57 bits per heavy atom. The SMILES string of the molecule is CNC(=O)C(NC(=O)[C@H](CC(C)C)C(O)C(=O)NO)C(C)(C)C. The number of aliphatic hydroxyl groups is 1. The summed E-state index contributed by atoms with van der Waals surface area (Å²) in [6.45, 7) is 9.05. The average Bonchev–Trinajstić information content (AvgIpc) is 2.46. The lowest BCUT2D eigenvalue weighted by atomic mass is 9.84. The van der Waals surface area contributed by atoms with Gasteiger partial charge in [0.1, 0.15) is 12.1 Å². The molecule has 0 aliphatic rings. The van der Waals surface area contributed by atoms with Gasteiger partial charge in [-0.25, -0.2) is 5.48 Å². The lowest BCUT2D eigenvalue weighted by Gasteiger charge is -2.32. The van der Waals surface area contributed by atoms with Gasteiger partial charge in [-0.1, -0.05) is 34.6 Å². The molecular formula is C15H29N3O5. The van der Waals surface area contributed by atoms with Gasteiger partial charge in [0.05, 0.1) is 5.92 Å². The third-order valence-corrected chi connectivity index (χ3v) is 3.48. The molecule has 0 saturated heterocycles. The summed E-state index contributed by atoms with van der Waals surface area (Å²) in [4.78, 5) is 35.9. The molecule has 23 heavy (non-hydrogen) atoms. The normalized spacial score (nSPS) is 15.5. The molecule has 0 spiro atoms. The van der Waals surface area contributed by atoms with E-state index >= 15 is 0 Å². The molecule has 3 atom stereocenters. The molecule has 0 aromatic heterocycles. The van der Waals surface area contributed by atoms with E-state index in [4.69, 9.17) is 5.21 Å². The highest BCUT2D eigenvalue weighted by molar-refractivity contribution is 5.92. The second-order valence-electron chi connectivity index (χ2n) is 7.08. The minimum atomic E-state index is -1.70. The van der Waals surface area contributed by atoms with Crippen LogP contribution in [0.2, 0.25) is 0 Å². The predicted molar refractivity (Wildman–Crippen MR) is 84.3 cm³/mol. The van der Waals surface area contributed by atoms with E-state index in [-0.39, 0.29) is 18.2 Å². The van der Waals surface area contributed by atoms with Crippen molar-refractivity contribution in [3.63, 3.8) is 0 Å². The molecule has 134 valence electrons. The molecule has 8 nitrogen and oxygen atoms in total. The van der Waals surface area contributed by atoms with Gasteiger partial charge in [0.15, 0.2) is 0 Å². The fourth-order valence-corrected chi connectivity index (χ4v) is 2.21. The standard InChI is InChI=1S/C15H29N3O5/c1-8(2)7-9(10(19)13(21)18-23)12(20)17-11(14(22)16-6)15(3,4)5/h8-11,19,23H,7H2,1-6H3,(H,16,22)(H,17,20)(H,18,21)/t9-,10?,11?/m1/s1. The second-order valence-corrected chi connectivity index (χ2v) is 7.08. The van der Waals surface area contributed by atoms with Crippen molar-refractivity contribution in [2.75, 3.05) is 7.05 Å². The van der Waals surface area contributed by atoms with Crippen molar-refractivity contribution in [1.82, 2.24) is 16.1 Å². The van der Waals surface area contributed by atoms with Gasteiger partial charge in [-0.2, -0.15) is 0 Å². The van der Waals surface area contributed by atoms with Gasteiger partial charge in [0.2, 0.25) is 11.8 Å². The second kappa shape index (κ2) is 8.83. The smallest absolute Gasteiger partial charge is 0.272 e. The summed E-state index contributed by atoms with van der Waals surface area (Å²) in [5.74, 6) is -3.08. The molecule has 2 unspecified atom stereocenters. The van der Waals surface area contributed by atoms with Gasteiger partial charge >= 0.3 is 0 Å². The third-order valence-electron chi connectivity index (χ3n) is 3.48. The number of rotatable bonds is 7. The first kappa shape index (κ1) is 21.3. The molecule has 0 aliphatic carbocycles. The topological polar surface area (TPSA) is 128 Å². The van der Waals surface area contributed by atoms with Crippen LogP contribution in [0.25, 0.3) is 0 Å². The van der Waals surface area contributed by atoms with Crippen molar-refractivity contribution < 1.29 is 24.7 Å². The van der Waals surface area contributed by atoms with Crippen molar-refractivity contribution in [3.05, 3.63) is 0 Å². The molecule has 0 aromatic rings. The number of hydroxylamine groups is 1. The highest BCUT2D eigenvalue weighted by Gasteiger charge is 2.38. The molecule has 0 bridgehead atoms. The Kier molecular flexibility index (Phi) is 8.19. The van der Waals surface area contributed by atoms with Crippen LogP contribution >= 0.6 is 0 Å². The number of aliphatic hydroxyl groups excluding tert-OH is 1. The van der Waals surface area contributed by atoms with Crippen LogP contribution in [0.3, 0.4) is 0 Å². The summed E-state index contributed by atoms with van der Waals surface area (Å²) in [5, 5.41) is 23.7. The van der Waals surface area contributed by atoms with Gasteiger partial charge in [-0.05, 0) is 17.8 Å². The van der Waals surface area contributed by atoms with Crippen LogP contribution in [-0.2, 0) is 14.4 Å². The van der Waals surface area contributed by atoms with Crippen molar-refractivity contribution >= 4 is 17.7 Å². The van der Waals surface area contributed by atoms with E-state index in [0.29, 0.717) is 0 Å². The summed E-state index contributed by atoms with van der Waals surface area (Å²) in [7, 11) is 1.47. The fraction of sp³-hybridized carbons (Fsp3) is 0.800. The van der Waals surface area contributed by atoms with Gasteiger partial charge in [-0.15, -0.1) is 0 Å². The lowest BCUT2D eigenvalue weighted by molar-refractivity contribution is -0.147. The third kappa shape index (κ3) is 6.54. The molecular weight excluding hydrogens is 302 g/mol. The van der Waals surface area contributed by atoms with Crippen LogP contribution < -0.4 is 16.1 Å². The Morgan fingerprint density at radius 3 is 1.91 bits per heavy atom. The molecule has 0 rings (SSSR count). The molecule has 3 amide bonds.